The number of thioether (sulfide) groups is 1. The van der Waals surface area contributed by atoms with Crippen molar-refractivity contribution in [1.82, 2.24) is 15.3 Å². The van der Waals surface area contributed by atoms with Gasteiger partial charge in [0.1, 0.15) is 5.70 Å². The van der Waals surface area contributed by atoms with Crippen LogP contribution in [-0.4, -0.2) is 40.3 Å². The molecule has 8 heteroatoms. The Labute approximate surface area is 189 Å². The number of amides is 1. The van der Waals surface area contributed by atoms with Crippen LogP contribution in [0.4, 0.5) is 13.2 Å². The molecule has 2 aliphatic heterocycles. The van der Waals surface area contributed by atoms with E-state index in [0.29, 0.717) is 24.4 Å². The van der Waals surface area contributed by atoms with Crippen LogP contribution in [0.5, 0.6) is 0 Å². The van der Waals surface area contributed by atoms with Crippen LogP contribution >= 0.6 is 11.8 Å². The molecule has 0 bridgehead atoms. The summed E-state index contributed by atoms with van der Waals surface area (Å²) in [5.41, 5.74) is 4.21. The number of halogens is 3. The summed E-state index contributed by atoms with van der Waals surface area (Å²) >= 11 is 1.35. The first-order valence-corrected chi connectivity index (χ1v) is 11.2. The van der Waals surface area contributed by atoms with Crippen molar-refractivity contribution in [3.8, 4) is 0 Å². The third-order valence-electron chi connectivity index (χ3n) is 5.48. The number of allylic oxidation sites excluding steroid dienone is 2. The third kappa shape index (κ3) is 5.19. The quantitative estimate of drug-likeness (QED) is 0.669. The number of nitrogens with zero attached hydrogens (tertiary/aromatic N) is 2. The fourth-order valence-corrected chi connectivity index (χ4v) is 5.12. The van der Waals surface area contributed by atoms with Crippen LogP contribution in [0.2, 0.25) is 0 Å². The molecule has 2 unspecified atom stereocenters. The lowest BCUT2D eigenvalue weighted by atomic mass is 10.1. The number of benzene rings is 2. The molecule has 0 aliphatic carbocycles. The van der Waals surface area contributed by atoms with Crippen LogP contribution in [0.3, 0.4) is 0 Å². The molecule has 2 aromatic rings. The van der Waals surface area contributed by atoms with Crippen LogP contribution in [-0.2, 0) is 17.9 Å². The number of carbonyl (C=O) groups excluding carboxylic acids is 1. The predicted molar refractivity (Wildman–Crippen MR) is 120 cm³/mol. The van der Waals surface area contributed by atoms with Crippen LogP contribution < -0.4 is 5.43 Å². The number of alkyl halides is 3. The SMILES string of the molecule is CN1NC(C2CC=C(C(=O)N(Cc3ccccc3)Cc3ccccc3)S2)C=C1C(F)(F)F. The highest BCUT2D eigenvalue weighted by Gasteiger charge is 2.43. The largest absolute Gasteiger partial charge is 0.432 e. The molecule has 0 aromatic heterocycles. The second-order valence-corrected chi connectivity index (χ2v) is 9.14. The van der Waals surface area contributed by atoms with E-state index in [1.807, 2.05) is 66.7 Å². The Morgan fingerprint density at radius 3 is 2.12 bits per heavy atom. The fourth-order valence-electron chi connectivity index (χ4n) is 3.89. The summed E-state index contributed by atoms with van der Waals surface area (Å²) in [5.74, 6) is -0.100. The molecule has 168 valence electrons. The number of carbonyl (C=O) groups is 1. The maximum Gasteiger partial charge on any atom is 0.432 e. The lowest BCUT2D eigenvalue weighted by molar-refractivity contribution is -0.127. The molecule has 0 saturated heterocycles. The first kappa shape index (κ1) is 22.5. The Bertz CT molecular complexity index is 967. The van der Waals surface area contributed by atoms with E-state index in [2.05, 4.69) is 5.43 Å². The second kappa shape index (κ2) is 9.42. The molecule has 0 spiro atoms. The van der Waals surface area contributed by atoms with Gasteiger partial charge in [0, 0.05) is 25.4 Å². The minimum Gasteiger partial charge on any atom is -0.330 e. The number of rotatable bonds is 6. The Balaban J connectivity index is 1.47. The maximum absolute atomic E-state index is 13.4. The molecule has 2 atom stereocenters. The van der Waals surface area contributed by atoms with E-state index in [4.69, 9.17) is 0 Å². The van der Waals surface area contributed by atoms with Gasteiger partial charge in [0.2, 0.25) is 0 Å². The summed E-state index contributed by atoms with van der Waals surface area (Å²) in [5, 5.41) is 0.842. The van der Waals surface area contributed by atoms with E-state index in [1.54, 1.807) is 4.90 Å². The third-order valence-corrected chi connectivity index (χ3v) is 6.86. The van der Waals surface area contributed by atoms with Gasteiger partial charge >= 0.3 is 6.18 Å². The van der Waals surface area contributed by atoms with E-state index < -0.39 is 17.9 Å². The van der Waals surface area contributed by atoms with E-state index in [0.717, 1.165) is 16.1 Å². The summed E-state index contributed by atoms with van der Waals surface area (Å²) in [6.45, 7) is 0.916. The highest BCUT2D eigenvalue weighted by molar-refractivity contribution is 8.04. The Morgan fingerprint density at radius 2 is 1.62 bits per heavy atom. The molecule has 4 nitrogen and oxygen atoms in total. The Hall–Kier alpha value is -2.71. The molecule has 0 saturated carbocycles. The van der Waals surface area contributed by atoms with Gasteiger partial charge in [0.25, 0.3) is 5.91 Å². The standard InChI is InChI=1S/C24H24F3N3OS/c1-29-22(24(25,26)27)14-19(28-29)20-12-13-21(32-20)23(31)30(15-17-8-4-2-5-9-17)16-18-10-6-3-7-11-18/h2-11,13-14,19-20,28H,12,15-16H2,1H3. The molecule has 0 fully saturated rings. The van der Waals surface area contributed by atoms with E-state index in [-0.39, 0.29) is 11.2 Å². The van der Waals surface area contributed by atoms with Crippen LogP contribution in [0.1, 0.15) is 17.5 Å². The predicted octanol–water partition coefficient (Wildman–Crippen LogP) is 4.87. The average molecular weight is 460 g/mol. The van der Waals surface area contributed by atoms with Crippen molar-refractivity contribution in [2.75, 3.05) is 7.05 Å². The Kier molecular flexibility index (Phi) is 6.62. The average Bonchev–Trinajstić information content (AvgIpc) is 3.41. The summed E-state index contributed by atoms with van der Waals surface area (Å²) in [7, 11) is 1.36. The zero-order valence-electron chi connectivity index (χ0n) is 17.5. The summed E-state index contributed by atoms with van der Waals surface area (Å²) in [6.07, 6.45) is -0.816. The molecule has 2 aliphatic rings. The Morgan fingerprint density at radius 1 is 1.06 bits per heavy atom. The highest BCUT2D eigenvalue weighted by Crippen LogP contribution is 2.39. The smallest absolute Gasteiger partial charge is 0.330 e. The van der Waals surface area contributed by atoms with Gasteiger partial charge in [-0.05, 0) is 23.6 Å². The van der Waals surface area contributed by atoms with E-state index >= 15 is 0 Å². The van der Waals surface area contributed by atoms with Gasteiger partial charge in [0.05, 0.1) is 10.9 Å². The van der Waals surface area contributed by atoms with Gasteiger partial charge in [-0.15, -0.1) is 11.8 Å². The van der Waals surface area contributed by atoms with Gasteiger partial charge in [-0.1, -0.05) is 66.7 Å². The minimum absolute atomic E-state index is 0.100. The zero-order valence-corrected chi connectivity index (χ0v) is 18.4. The lowest BCUT2D eigenvalue weighted by Crippen LogP contribution is -2.41. The van der Waals surface area contributed by atoms with Gasteiger partial charge in [-0.2, -0.15) is 13.2 Å². The zero-order chi connectivity index (χ0) is 22.7. The van der Waals surface area contributed by atoms with Crippen molar-refractivity contribution in [3.63, 3.8) is 0 Å². The van der Waals surface area contributed by atoms with Gasteiger partial charge in [0.15, 0.2) is 0 Å². The van der Waals surface area contributed by atoms with Crippen molar-refractivity contribution >= 4 is 17.7 Å². The van der Waals surface area contributed by atoms with Gasteiger partial charge in [-0.25, -0.2) is 5.43 Å². The molecule has 1 N–H and O–H groups in total. The number of nitrogens with one attached hydrogen (secondary N) is 1. The molecular weight excluding hydrogens is 435 g/mol. The lowest BCUT2D eigenvalue weighted by Gasteiger charge is -2.25. The first-order valence-electron chi connectivity index (χ1n) is 10.3. The van der Waals surface area contributed by atoms with Crippen molar-refractivity contribution in [1.29, 1.82) is 0 Å². The second-order valence-electron chi connectivity index (χ2n) is 7.86. The van der Waals surface area contributed by atoms with Crippen LogP contribution in [0.25, 0.3) is 0 Å². The topological polar surface area (TPSA) is 35.6 Å². The number of hydrogen-bond acceptors (Lipinski definition) is 4. The minimum atomic E-state index is -4.41. The van der Waals surface area contributed by atoms with Crippen molar-refractivity contribution < 1.29 is 18.0 Å². The van der Waals surface area contributed by atoms with E-state index in [1.165, 1.54) is 24.9 Å². The molecule has 2 heterocycles. The van der Waals surface area contributed by atoms with Crippen LogP contribution in [0, 0.1) is 0 Å². The first-order chi connectivity index (χ1) is 15.3. The summed E-state index contributed by atoms with van der Waals surface area (Å²) in [6, 6.07) is 19.0. The number of hydrazine groups is 1. The number of hydrogen-bond donors (Lipinski definition) is 1. The van der Waals surface area contributed by atoms with Crippen molar-refractivity contribution in [2.24, 2.45) is 0 Å². The molecule has 2 aromatic carbocycles. The van der Waals surface area contributed by atoms with Crippen molar-refractivity contribution in [3.05, 3.63) is 94.5 Å². The van der Waals surface area contributed by atoms with Crippen molar-refractivity contribution in [2.45, 2.75) is 37.0 Å². The van der Waals surface area contributed by atoms with Gasteiger partial charge < -0.3 is 9.91 Å². The molecule has 0 radical (unpaired) electrons. The monoisotopic (exact) mass is 459 g/mol. The molecule has 1 amide bonds. The normalized spacial score (nSPS) is 20.8. The van der Waals surface area contributed by atoms with Crippen LogP contribution in [0.15, 0.2) is 83.4 Å². The highest BCUT2D eigenvalue weighted by atomic mass is 32.2. The fraction of sp³-hybridized carbons (Fsp3) is 0.292. The molecule has 32 heavy (non-hydrogen) atoms. The van der Waals surface area contributed by atoms with E-state index in [9.17, 15) is 18.0 Å². The molecular formula is C24H24F3N3OS. The summed E-state index contributed by atoms with van der Waals surface area (Å²) < 4.78 is 39.5. The van der Waals surface area contributed by atoms with Gasteiger partial charge in [-0.3, -0.25) is 4.79 Å². The maximum atomic E-state index is 13.4. The molecule has 4 rings (SSSR count). The summed E-state index contributed by atoms with van der Waals surface area (Å²) in [4.78, 5) is 15.8.